The minimum absolute atomic E-state index is 0.162. The smallest absolute Gasteiger partial charge is 0.342 e. The molecular weight excluding hydrogens is 356 g/mol. The van der Waals surface area contributed by atoms with Crippen molar-refractivity contribution in [2.45, 2.75) is 19.8 Å². The highest BCUT2D eigenvalue weighted by Crippen LogP contribution is 2.36. The van der Waals surface area contributed by atoms with Crippen LogP contribution in [0.2, 0.25) is 0 Å². The van der Waals surface area contributed by atoms with Crippen molar-refractivity contribution in [2.24, 2.45) is 0 Å². The van der Waals surface area contributed by atoms with E-state index in [0.717, 1.165) is 12.8 Å². The monoisotopic (exact) mass is 376 g/mol. The van der Waals surface area contributed by atoms with Crippen LogP contribution in [-0.4, -0.2) is 40.9 Å². The number of carboxylic acid groups (broad SMARTS) is 2. The number of anilines is 1. The van der Waals surface area contributed by atoms with Crippen LogP contribution in [0.3, 0.4) is 0 Å². The van der Waals surface area contributed by atoms with Gasteiger partial charge in [-0.25, -0.2) is 9.59 Å². The molecule has 0 radical (unpaired) electrons. The van der Waals surface area contributed by atoms with Crippen molar-refractivity contribution >= 4 is 17.8 Å². The zero-order chi connectivity index (χ0) is 20.1. The molecule has 0 aliphatic heterocycles. The van der Waals surface area contributed by atoms with Crippen LogP contribution >= 0.6 is 0 Å². The van der Waals surface area contributed by atoms with Crippen LogP contribution in [0.1, 0.15) is 40.5 Å². The second-order valence-corrected chi connectivity index (χ2v) is 5.67. The molecule has 0 amide bonds. The van der Waals surface area contributed by atoms with Crippen molar-refractivity contribution in [2.75, 3.05) is 19.5 Å². The van der Waals surface area contributed by atoms with Crippen LogP contribution in [-0.2, 0) is 0 Å². The van der Waals surface area contributed by atoms with Crippen molar-refractivity contribution in [1.82, 2.24) is 4.98 Å². The fourth-order valence-corrected chi connectivity index (χ4v) is 2.61. The van der Waals surface area contributed by atoms with E-state index in [4.69, 9.17) is 15.2 Å². The van der Waals surface area contributed by atoms with Crippen molar-refractivity contribution in [1.29, 1.82) is 0 Å². The Bertz CT molecular complexity index is 934. The molecule has 1 aromatic carbocycles. The van der Waals surface area contributed by atoms with E-state index >= 15 is 0 Å². The summed E-state index contributed by atoms with van der Waals surface area (Å²) >= 11 is 0. The van der Waals surface area contributed by atoms with Crippen LogP contribution < -0.4 is 20.8 Å². The zero-order valence-corrected chi connectivity index (χ0v) is 14.9. The first kappa shape index (κ1) is 19.8. The van der Waals surface area contributed by atoms with Crippen LogP contribution in [0, 0.1) is 0 Å². The number of benzene rings is 1. The summed E-state index contributed by atoms with van der Waals surface area (Å²) in [6.07, 6.45) is 1.69. The summed E-state index contributed by atoms with van der Waals surface area (Å²) in [5.41, 5.74) is 3.29. The predicted molar refractivity (Wildman–Crippen MR) is 97.8 cm³/mol. The molecule has 27 heavy (non-hydrogen) atoms. The third-order valence-corrected chi connectivity index (χ3v) is 3.88. The number of nitrogens with two attached hydrogens (primary N) is 1. The predicted octanol–water partition coefficient (Wildman–Crippen LogP) is 2.21. The molecule has 1 heterocycles. The number of H-pyrrole nitrogens is 1. The lowest BCUT2D eigenvalue weighted by Crippen LogP contribution is -2.24. The quantitative estimate of drug-likeness (QED) is 0.512. The maximum Gasteiger partial charge on any atom is 0.342 e. The minimum Gasteiger partial charge on any atom is -0.493 e. The number of rotatable bonds is 8. The standard InChI is InChI=1S/C18H20N2O7/c1-3-4-7-27-11-8-9(5-6-10(11)26-2)12-13(17(22)23)15(19)20-16(21)14(12)18(24)25/h5-6,8H,3-4,7H2,1-2H3,(H,22,23)(H,24,25)(H3,19,20,21). The lowest BCUT2D eigenvalue weighted by atomic mass is 9.95. The number of pyridine rings is 1. The van der Waals surface area contributed by atoms with Gasteiger partial charge in [-0.2, -0.15) is 0 Å². The average Bonchev–Trinajstić information content (AvgIpc) is 2.60. The molecule has 0 bridgehead atoms. The van der Waals surface area contributed by atoms with Gasteiger partial charge in [0.15, 0.2) is 11.5 Å². The number of aromatic nitrogens is 1. The maximum atomic E-state index is 12.1. The molecule has 0 fully saturated rings. The van der Waals surface area contributed by atoms with Gasteiger partial charge in [-0.15, -0.1) is 0 Å². The molecule has 1 aromatic heterocycles. The van der Waals surface area contributed by atoms with E-state index < -0.39 is 34.4 Å². The zero-order valence-electron chi connectivity index (χ0n) is 14.9. The number of carbonyl (C=O) groups is 2. The SMILES string of the molecule is CCCCOc1cc(-c2c(C(=O)O)c(N)[nH]c(=O)c2C(=O)O)ccc1OC. The number of unbranched alkanes of at least 4 members (excludes halogenated alkanes) is 1. The lowest BCUT2D eigenvalue weighted by Gasteiger charge is -2.15. The molecule has 0 atom stereocenters. The molecule has 9 nitrogen and oxygen atoms in total. The van der Waals surface area contributed by atoms with Gasteiger partial charge in [-0.05, 0) is 24.1 Å². The van der Waals surface area contributed by atoms with Crippen LogP contribution in [0.25, 0.3) is 11.1 Å². The highest BCUT2D eigenvalue weighted by atomic mass is 16.5. The van der Waals surface area contributed by atoms with Gasteiger partial charge in [0.05, 0.1) is 13.7 Å². The van der Waals surface area contributed by atoms with E-state index in [-0.39, 0.29) is 11.1 Å². The van der Waals surface area contributed by atoms with Crippen molar-refractivity contribution in [3.8, 4) is 22.6 Å². The first-order valence-corrected chi connectivity index (χ1v) is 8.15. The Balaban J connectivity index is 2.76. The molecular formula is C18H20N2O7. The van der Waals surface area contributed by atoms with Gasteiger partial charge in [0.1, 0.15) is 16.9 Å². The van der Waals surface area contributed by atoms with Gasteiger partial charge >= 0.3 is 11.9 Å². The van der Waals surface area contributed by atoms with Crippen molar-refractivity contribution in [3.05, 3.63) is 39.7 Å². The number of methoxy groups -OCH3 is 1. The second-order valence-electron chi connectivity index (χ2n) is 5.67. The first-order valence-electron chi connectivity index (χ1n) is 8.15. The average molecular weight is 376 g/mol. The van der Waals surface area contributed by atoms with Crippen LogP contribution in [0.4, 0.5) is 5.82 Å². The van der Waals surface area contributed by atoms with Gasteiger partial charge in [0, 0.05) is 5.56 Å². The van der Waals surface area contributed by atoms with E-state index in [2.05, 4.69) is 4.98 Å². The summed E-state index contributed by atoms with van der Waals surface area (Å²) in [4.78, 5) is 37.4. The highest BCUT2D eigenvalue weighted by Gasteiger charge is 2.27. The molecule has 0 aliphatic rings. The number of hydrogen-bond acceptors (Lipinski definition) is 6. The Hall–Kier alpha value is -3.49. The highest BCUT2D eigenvalue weighted by molar-refractivity contribution is 6.07. The molecule has 0 spiro atoms. The van der Waals surface area contributed by atoms with Crippen molar-refractivity contribution < 1.29 is 29.3 Å². The number of carboxylic acids is 2. The summed E-state index contributed by atoms with van der Waals surface area (Å²) in [5.74, 6) is -2.78. The normalized spacial score (nSPS) is 10.4. The van der Waals surface area contributed by atoms with Crippen molar-refractivity contribution in [3.63, 3.8) is 0 Å². The number of ether oxygens (including phenoxy) is 2. The second kappa shape index (κ2) is 8.26. The summed E-state index contributed by atoms with van der Waals surface area (Å²) in [6.45, 7) is 2.39. The topological polar surface area (TPSA) is 152 Å². The first-order chi connectivity index (χ1) is 12.8. The Morgan fingerprint density at radius 2 is 1.81 bits per heavy atom. The maximum absolute atomic E-state index is 12.1. The molecule has 0 saturated carbocycles. The largest absolute Gasteiger partial charge is 0.493 e. The van der Waals surface area contributed by atoms with Crippen LogP contribution in [0.15, 0.2) is 23.0 Å². The number of aromatic amines is 1. The van der Waals surface area contributed by atoms with Gasteiger partial charge in [0.25, 0.3) is 5.56 Å². The van der Waals surface area contributed by atoms with E-state index in [1.165, 1.54) is 25.3 Å². The molecule has 0 saturated heterocycles. The summed E-state index contributed by atoms with van der Waals surface area (Å²) in [5, 5.41) is 18.9. The molecule has 144 valence electrons. The molecule has 5 N–H and O–H groups in total. The third-order valence-electron chi connectivity index (χ3n) is 3.88. The molecule has 2 rings (SSSR count). The molecule has 9 heteroatoms. The number of nitrogen functional groups attached to an aromatic ring is 1. The van der Waals surface area contributed by atoms with E-state index in [9.17, 15) is 24.6 Å². The number of nitrogens with one attached hydrogen (secondary N) is 1. The lowest BCUT2D eigenvalue weighted by molar-refractivity contribution is 0.0695. The Kier molecular flexibility index (Phi) is 6.07. The molecule has 0 unspecified atom stereocenters. The summed E-state index contributed by atoms with van der Waals surface area (Å²) in [7, 11) is 1.44. The Morgan fingerprint density at radius 1 is 1.15 bits per heavy atom. The summed E-state index contributed by atoms with van der Waals surface area (Å²) in [6, 6.07) is 4.38. The number of hydrogen-bond donors (Lipinski definition) is 4. The Labute approximate surface area is 154 Å². The third kappa shape index (κ3) is 4.02. The van der Waals surface area contributed by atoms with Gasteiger partial charge < -0.3 is 30.4 Å². The van der Waals surface area contributed by atoms with Gasteiger partial charge in [-0.3, -0.25) is 4.79 Å². The van der Waals surface area contributed by atoms with E-state index in [0.29, 0.717) is 18.1 Å². The van der Waals surface area contributed by atoms with E-state index in [1.54, 1.807) is 0 Å². The van der Waals surface area contributed by atoms with Gasteiger partial charge in [0.2, 0.25) is 0 Å². The minimum atomic E-state index is -1.57. The Morgan fingerprint density at radius 3 is 2.37 bits per heavy atom. The molecule has 2 aromatic rings. The molecule has 0 aliphatic carbocycles. The number of aromatic carboxylic acids is 2. The fourth-order valence-electron chi connectivity index (χ4n) is 2.61. The fraction of sp³-hybridized carbons (Fsp3) is 0.278. The van der Waals surface area contributed by atoms with Crippen LogP contribution in [0.5, 0.6) is 11.5 Å². The van der Waals surface area contributed by atoms with E-state index in [1.807, 2.05) is 6.92 Å². The van der Waals surface area contributed by atoms with Gasteiger partial charge in [-0.1, -0.05) is 19.4 Å². The summed E-state index contributed by atoms with van der Waals surface area (Å²) < 4.78 is 10.9.